The standard InChI is InChI=1S/C15H16F3N3/c1-3-21(11-6-4-10(2)5-7-11)13-8-14(15(16,17)18)20-9-12(13)19/h4-9H,3,19H2,1-2H3. The van der Waals surface area contributed by atoms with E-state index >= 15 is 0 Å². The Kier molecular flexibility index (Phi) is 4.06. The van der Waals surface area contributed by atoms with Crippen LogP contribution in [0.5, 0.6) is 0 Å². The lowest BCUT2D eigenvalue weighted by molar-refractivity contribution is -0.141. The highest BCUT2D eigenvalue weighted by atomic mass is 19.4. The van der Waals surface area contributed by atoms with Gasteiger partial charge in [0.2, 0.25) is 0 Å². The number of halogens is 3. The quantitative estimate of drug-likeness (QED) is 0.925. The average molecular weight is 295 g/mol. The molecular weight excluding hydrogens is 279 g/mol. The second-order valence-electron chi connectivity index (χ2n) is 4.71. The van der Waals surface area contributed by atoms with E-state index in [1.165, 1.54) is 0 Å². The minimum Gasteiger partial charge on any atom is -0.396 e. The molecule has 0 amide bonds. The number of aromatic nitrogens is 1. The van der Waals surface area contributed by atoms with Crippen LogP contribution in [0.1, 0.15) is 18.2 Å². The molecule has 0 radical (unpaired) electrons. The predicted octanol–water partition coefficient (Wildman–Crippen LogP) is 4.15. The van der Waals surface area contributed by atoms with Crippen LogP contribution in [0.15, 0.2) is 36.5 Å². The van der Waals surface area contributed by atoms with Gasteiger partial charge in [0, 0.05) is 12.2 Å². The Balaban J connectivity index is 2.49. The van der Waals surface area contributed by atoms with Crippen molar-refractivity contribution < 1.29 is 13.2 Å². The van der Waals surface area contributed by atoms with Crippen molar-refractivity contribution in [1.82, 2.24) is 4.98 Å². The number of hydrogen-bond acceptors (Lipinski definition) is 3. The minimum atomic E-state index is -4.49. The van der Waals surface area contributed by atoms with Gasteiger partial charge in [-0.25, -0.2) is 4.98 Å². The van der Waals surface area contributed by atoms with E-state index in [0.29, 0.717) is 12.2 Å². The summed E-state index contributed by atoms with van der Waals surface area (Å²) in [7, 11) is 0. The molecule has 0 aliphatic heterocycles. The Morgan fingerprint density at radius 2 is 1.81 bits per heavy atom. The van der Waals surface area contributed by atoms with Gasteiger partial charge in [0.15, 0.2) is 0 Å². The predicted molar refractivity (Wildman–Crippen MR) is 77.5 cm³/mol. The first-order valence-electron chi connectivity index (χ1n) is 6.50. The number of pyridine rings is 1. The van der Waals surface area contributed by atoms with Crippen LogP contribution in [0.2, 0.25) is 0 Å². The van der Waals surface area contributed by atoms with Gasteiger partial charge in [-0.15, -0.1) is 0 Å². The fraction of sp³-hybridized carbons (Fsp3) is 0.267. The molecule has 0 aliphatic carbocycles. The summed E-state index contributed by atoms with van der Waals surface area (Å²) in [6.07, 6.45) is -3.44. The van der Waals surface area contributed by atoms with E-state index in [4.69, 9.17) is 5.73 Å². The molecule has 0 saturated carbocycles. The third-order valence-electron chi connectivity index (χ3n) is 3.16. The van der Waals surface area contributed by atoms with Gasteiger partial charge < -0.3 is 10.6 Å². The summed E-state index contributed by atoms with van der Waals surface area (Å²) in [5.41, 5.74) is 7.24. The third-order valence-corrected chi connectivity index (χ3v) is 3.16. The second kappa shape index (κ2) is 5.63. The van der Waals surface area contributed by atoms with Crippen LogP contribution in [0, 0.1) is 6.92 Å². The molecule has 0 atom stereocenters. The summed E-state index contributed by atoms with van der Waals surface area (Å²) < 4.78 is 38.4. The molecule has 2 rings (SSSR count). The molecule has 1 aromatic heterocycles. The van der Waals surface area contributed by atoms with E-state index in [2.05, 4.69) is 4.98 Å². The second-order valence-corrected chi connectivity index (χ2v) is 4.71. The number of hydrogen-bond donors (Lipinski definition) is 1. The van der Waals surface area contributed by atoms with Gasteiger partial charge in [0.05, 0.1) is 17.6 Å². The highest BCUT2D eigenvalue weighted by Gasteiger charge is 2.33. The first-order valence-corrected chi connectivity index (χ1v) is 6.50. The van der Waals surface area contributed by atoms with Gasteiger partial charge in [0.1, 0.15) is 5.69 Å². The summed E-state index contributed by atoms with van der Waals surface area (Å²) in [5, 5.41) is 0. The van der Waals surface area contributed by atoms with Crippen molar-refractivity contribution in [2.45, 2.75) is 20.0 Å². The first-order chi connectivity index (χ1) is 9.82. The van der Waals surface area contributed by atoms with E-state index in [9.17, 15) is 13.2 Å². The van der Waals surface area contributed by atoms with Crippen molar-refractivity contribution in [1.29, 1.82) is 0 Å². The number of aryl methyl sites for hydroxylation is 1. The molecular formula is C15H16F3N3. The maximum Gasteiger partial charge on any atom is 0.433 e. The highest BCUT2D eigenvalue weighted by Crippen LogP contribution is 2.35. The summed E-state index contributed by atoms with van der Waals surface area (Å²) in [5.74, 6) is 0. The highest BCUT2D eigenvalue weighted by molar-refractivity contribution is 5.74. The normalized spacial score (nSPS) is 11.5. The SMILES string of the molecule is CCN(c1ccc(C)cc1)c1cc(C(F)(F)F)ncc1N. The van der Waals surface area contributed by atoms with Crippen LogP contribution in [-0.4, -0.2) is 11.5 Å². The third kappa shape index (κ3) is 3.26. The molecule has 0 spiro atoms. The Bertz CT molecular complexity index is 621. The van der Waals surface area contributed by atoms with Crippen LogP contribution >= 0.6 is 0 Å². The van der Waals surface area contributed by atoms with E-state index < -0.39 is 11.9 Å². The molecule has 2 aromatic rings. The lowest BCUT2D eigenvalue weighted by Crippen LogP contribution is -2.19. The van der Waals surface area contributed by atoms with Crippen molar-refractivity contribution in [2.24, 2.45) is 0 Å². The maximum absolute atomic E-state index is 12.8. The number of benzene rings is 1. The van der Waals surface area contributed by atoms with Crippen molar-refractivity contribution in [3.8, 4) is 0 Å². The molecule has 0 saturated heterocycles. The van der Waals surface area contributed by atoms with Crippen LogP contribution < -0.4 is 10.6 Å². The van der Waals surface area contributed by atoms with Crippen LogP contribution in [0.4, 0.5) is 30.2 Å². The zero-order chi connectivity index (χ0) is 15.6. The molecule has 2 N–H and O–H groups in total. The van der Waals surface area contributed by atoms with E-state index in [1.807, 2.05) is 38.1 Å². The molecule has 0 bridgehead atoms. The lowest BCUT2D eigenvalue weighted by atomic mass is 10.2. The van der Waals surface area contributed by atoms with Gasteiger partial charge in [0.25, 0.3) is 0 Å². The number of anilines is 3. The average Bonchev–Trinajstić information content (AvgIpc) is 2.42. The fourth-order valence-corrected chi connectivity index (χ4v) is 2.06. The van der Waals surface area contributed by atoms with Gasteiger partial charge in [-0.3, -0.25) is 0 Å². The molecule has 0 fully saturated rings. The van der Waals surface area contributed by atoms with Gasteiger partial charge in [-0.05, 0) is 32.0 Å². The van der Waals surface area contributed by atoms with Gasteiger partial charge in [-0.2, -0.15) is 13.2 Å². The number of nitrogen functional groups attached to an aromatic ring is 1. The van der Waals surface area contributed by atoms with Gasteiger partial charge in [-0.1, -0.05) is 17.7 Å². The van der Waals surface area contributed by atoms with E-state index in [1.54, 1.807) is 4.90 Å². The van der Waals surface area contributed by atoms with Crippen LogP contribution in [-0.2, 0) is 6.18 Å². The zero-order valence-corrected chi connectivity index (χ0v) is 11.8. The Labute approximate surface area is 121 Å². The smallest absolute Gasteiger partial charge is 0.396 e. The van der Waals surface area contributed by atoms with Crippen molar-refractivity contribution in [3.05, 3.63) is 47.8 Å². The molecule has 0 unspecified atom stereocenters. The van der Waals surface area contributed by atoms with Crippen LogP contribution in [0.25, 0.3) is 0 Å². The number of nitrogens with zero attached hydrogens (tertiary/aromatic N) is 2. The Morgan fingerprint density at radius 1 is 1.19 bits per heavy atom. The maximum atomic E-state index is 12.8. The molecule has 1 heterocycles. The topological polar surface area (TPSA) is 42.2 Å². The summed E-state index contributed by atoms with van der Waals surface area (Å²) >= 11 is 0. The molecule has 0 aliphatic rings. The number of rotatable bonds is 3. The minimum absolute atomic E-state index is 0.213. The Hall–Kier alpha value is -2.24. The largest absolute Gasteiger partial charge is 0.433 e. The molecule has 6 heteroatoms. The number of alkyl halides is 3. The molecule has 21 heavy (non-hydrogen) atoms. The van der Waals surface area contributed by atoms with E-state index in [-0.39, 0.29) is 5.69 Å². The van der Waals surface area contributed by atoms with Crippen molar-refractivity contribution in [3.63, 3.8) is 0 Å². The fourth-order valence-electron chi connectivity index (χ4n) is 2.06. The molecule has 1 aromatic carbocycles. The van der Waals surface area contributed by atoms with Crippen molar-refractivity contribution in [2.75, 3.05) is 17.2 Å². The monoisotopic (exact) mass is 295 g/mol. The molecule has 112 valence electrons. The van der Waals surface area contributed by atoms with Gasteiger partial charge >= 0.3 is 6.18 Å². The lowest BCUT2D eigenvalue weighted by Gasteiger charge is -2.25. The van der Waals surface area contributed by atoms with Crippen molar-refractivity contribution >= 4 is 17.1 Å². The molecule has 3 nitrogen and oxygen atoms in total. The first kappa shape index (κ1) is 15.2. The summed E-state index contributed by atoms with van der Waals surface area (Å²) in [6.45, 7) is 4.30. The van der Waals surface area contributed by atoms with Crippen LogP contribution in [0.3, 0.4) is 0 Å². The van der Waals surface area contributed by atoms with E-state index in [0.717, 1.165) is 23.5 Å². The summed E-state index contributed by atoms with van der Waals surface area (Å²) in [4.78, 5) is 5.09. The number of nitrogens with two attached hydrogens (primary N) is 1. The Morgan fingerprint density at radius 3 is 2.33 bits per heavy atom. The zero-order valence-electron chi connectivity index (χ0n) is 11.8. The summed E-state index contributed by atoms with van der Waals surface area (Å²) in [6, 6.07) is 8.50.